The minimum Gasteiger partial charge on any atom is -0.383 e. The predicted molar refractivity (Wildman–Crippen MR) is 74.4 cm³/mol. The molecule has 1 saturated heterocycles. The standard InChI is InChI=1S/C14H21N3O4/c1-9-12(11(3)21-15-9)7-17-10(2)14(19)16(5-6-20-4)8-13(17)18/h10H,5-8H2,1-4H3/t10-/m0/s1. The van der Waals surface area contributed by atoms with Gasteiger partial charge in [-0.25, -0.2) is 0 Å². The first kappa shape index (κ1) is 15.5. The van der Waals surface area contributed by atoms with Gasteiger partial charge in [0, 0.05) is 19.2 Å². The van der Waals surface area contributed by atoms with Crippen molar-refractivity contribution in [1.82, 2.24) is 15.0 Å². The summed E-state index contributed by atoms with van der Waals surface area (Å²) < 4.78 is 10.1. The van der Waals surface area contributed by atoms with Crippen LogP contribution in [0.15, 0.2) is 4.52 Å². The van der Waals surface area contributed by atoms with Gasteiger partial charge in [0.05, 0.1) is 25.4 Å². The summed E-state index contributed by atoms with van der Waals surface area (Å²) in [6.07, 6.45) is 0. The molecule has 0 spiro atoms. The minimum absolute atomic E-state index is 0.0570. The molecule has 2 heterocycles. The molecule has 0 aromatic carbocycles. The molecular weight excluding hydrogens is 274 g/mol. The molecule has 0 radical (unpaired) electrons. The number of carbonyl (C=O) groups excluding carboxylic acids is 2. The number of methoxy groups -OCH3 is 1. The largest absolute Gasteiger partial charge is 0.383 e. The van der Waals surface area contributed by atoms with Gasteiger partial charge < -0.3 is 19.1 Å². The van der Waals surface area contributed by atoms with Gasteiger partial charge in [-0.2, -0.15) is 0 Å². The van der Waals surface area contributed by atoms with E-state index in [1.807, 2.05) is 6.92 Å². The summed E-state index contributed by atoms with van der Waals surface area (Å²) in [5.74, 6) is 0.554. The second-order valence-electron chi connectivity index (χ2n) is 5.25. The molecule has 7 nitrogen and oxygen atoms in total. The average molecular weight is 295 g/mol. The van der Waals surface area contributed by atoms with Gasteiger partial charge in [0.1, 0.15) is 11.8 Å². The summed E-state index contributed by atoms with van der Waals surface area (Å²) in [4.78, 5) is 27.8. The molecule has 0 N–H and O–H groups in total. The number of rotatable bonds is 5. The Hall–Kier alpha value is -1.89. The lowest BCUT2D eigenvalue weighted by Gasteiger charge is -2.38. The molecule has 0 aliphatic carbocycles. The highest BCUT2D eigenvalue weighted by Crippen LogP contribution is 2.20. The molecule has 1 aliphatic rings. The average Bonchev–Trinajstić information content (AvgIpc) is 2.77. The van der Waals surface area contributed by atoms with E-state index in [9.17, 15) is 9.59 Å². The van der Waals surface area contributed by atoms with E-state index < -0.39 is 6.04 Å². The lowest BCUT2D eigenvalue weighted by Crippen LogP contribution is -2.58. The lowest BCUT2D eigenvalue weighted by molar-refractivity contribution is -0.156. The highest BCUT2D eigenvalue weighted by Gasteiger charge is 2.36. The van der Waals surface area contributed by atoms with Crippen LogP contribution in [0.4, 0.5) is 0 Å². The molecule has 1 fully saturated rings. The summed E-state index contributed by atoms with van der Waals surface area (Å²) in [6, 6.07) is -0.489. The van der Waals surface area contributed by atoms with Gasteiger partial charge in [-0.3, -0.25) is 9.59 Å². The minimum atomic E-state index is -0.489. The van der Waals surface area contributed by atoms with Crippen molar-refractivity contribution in [2.45, 2.75) is 33.4 Å². The molecule has 7 heteroatoms. The van der Waals surface area contributed by atoms with Gasteiger partial charge in [-0.15, -0.1) is 0 Å². The molecule has 0 bridgehead atoms. The van der Waals surface area contributed by atoms with Crippen LogP contribution in [0.3, 0.4) is 0 Å². The smallest absolute Gasteiger partial charge is 0.245 e. The lowest BCUT2D eigenvalue weighted by atomic mass is 10.1. The second kappa shape index (κ2) is 6.26. The van der Waals surface area contributed by atoms with Crippen LogP contribution in [0.25, 0.3) is 0 Å². The Kier molecular flexibility index (Phi) is 4.62. The molecule has 0 saturated carbocycles. The van der Waals surface area contributed by atoms with Crippen molar-refractivity contribution in [2.24, 2.45) is 0 Å². The van der Waals surface area contributed by atoms with Crippen molar-refractivity contribution in [3.8, 4) is 0 Å². The van der Waals surface area contributed by atoms with E-state index in [-0.39, 0.29) is 18.4 Å². The van der Waals surface area contributed by atoms with E-state index >= 15 is 0 Å². The third-order valence-electron chi connectivity index (χ3n) is 3.86. The first-order valence-corrected chi connectivity index (χ1v) is 6.94. The summed E-state index contributed by atoms with van der Waals surface area (Å²) in [6.45, 7) is 6.69. The monoisotopic (exact) mass is 295 g/mol. The maximum atomic E-state index is 12.3. The number of hydrogen-bond donors (Lipinski definition) is 0. The van der Waals surface area contributed by atoms with E-state index in [2.05, 4.69) is 5.16 Å². The summed E-state index contributed by atoms with van der Waals surface area (Å²) in [5.41, 5.74) is 1.62. The summed E-state index contributed by atoms with van der Waals surface area (Å²) >= 11 is 0. The Balaban J connectivity index is 2.12. The number of aryl methyl sites for hydroxylation is 2. The van der Waals surface area contributed by atoms with Crippen LogP contribution in [-0.4, -0.2) is 59.6 Å². The highest BCUT2D eigenvalue weighted by molar-refractivity contribution is 5.94. The zero-order chi connectivity index (χ0) is 15.6. The topological polar surface area (TPSA) is 75.9 Å². The number of carbonyl (C=O) groups is 2. The number of hydrogen-bond acceptors (Lipinski definition) is 5. The van der Waals surface area contributed by atoms with Gasteiger partial charge >= 0.3 is 0 Å². The predicted octanol–water partition coefficient (Wildman–Crippen LogP) is 0.497. The third kappa shape index (κ3) is 3.07. The second-order valence-corrected chi connectivity index (χ2v) is 5.25. The number of ether oxygens (including phenoxy) is 1. The molecular formula is C14H21N3O4. The van der Waals surface area contributed by atoms with Gasteiger partial charge in [0.25, 0.3) is 0 Å². The van der Waals surface area contributed by atoms with E-state index in [0.29, 0.717) is 25.5 Å². The van der Waals surface area contributed by atoms with Crippen molar-refractivity contribution in [2.75, 3.05) is 26.8 Å². The Bertz CT molecular complexity index is 521. The zero-order valence-electron chi connectivity index (χ0n) is 12.9. The summed E-state index contributed by atoms with van der Waals surface area (Å²) in [7, 11) is 1.57. The maximum absolute atomic E-state index is 12.3. The highest BCUT2D eigenvalue weighted by atomic mass is 16.5. The molecule has 21 heavy (non-hydrogen) atoms. The Morgan fingerprint density at radius 1 is 1.38 bits per heavy atom. The SMILES string of the molecule is COCCN1CC(=O)N(Cc2c(C)noc2C)[C@@H](C)C1=O. The molecule has 1 atom stereocenters. The van der Waals surface area contributed by atoms with Crippen molar-refractivity contribution in [1.29, 1.82) is 0 Å². The fourth-order valence-corrected chi connectivity index (χ4v) is 2.46. The normalized spacial score (nSPS) is 19.5. The zero-order valence-corrected chi connectivity index (χ0v) is 12.9. The molecule has 2 rings (SSSR count). The van der Waals surface area contributed by atoms with Crippen molar-refractivity contribution in [3.63, 3.8) is 0 Å². The van der Waals surface area contributed by atoms with Gasteiger partial charge in [0.15, 0.2) is 0 Å². The fraction of sp³-hybridized carbons (Fsp3) is 0.643. The van der Waals surface area contributed by atoms with E-state index in [1.165, 1.54) is 0 Å². The first-order valence-electron chi connectivity index (χ1n) is 6.94. The third-order valence-corrected chi connectivity index (χ3v) is 3.86. The number of aromatic nitrogens is 1. The summed E-state index contributed by atoms with van der Waals surface area (Å²) in [5, 5.41) is 3.88. The van der Waals surface area contributed by atoms with E-state index in [0.717, 1.165) is 11.3 Å². The Morgan fingerprint density at radius 2 is 2.10 bits per heavy atom. The van der Waals surface area contributed by atoms with Gasteiger partial charge in [0.2, 0.25) is 11.8 Å². The number of nitrogens with zero attached hydrogens (tertiary/aromatic N) is 3. The first-order chi connectivity index (χ1) is 9.95. The van der Waals surface area contributed by atoms with E-state index in [1.54, 1.807) is 30.8 Å². The van der Waals surface area contributed by atoms with Gasteiger partial charge in [-0.05, 0) is 20.8 Å². The molecule has 116 valence electrons. The van der Waals surface area contributed by atoms with Crippen LogP contribution in [0, 0.1) is 13.8 Å². The molecule has 2 amide bonds. The van der Waals surface area contributed by atoms with Crippen LogP contribution in [0.2, 0.25) is 0 Å². The van der Waals surface area contributed by atoms with Crippen molar-refractivity contribution in [3.05, 3.63) is 17.0 Å². The number of amides is 2. The van der Waals surface area contributed by atoms with Crippen LogP contribution in [0.1, 0.15) is 23.9 Å². The molecule has 1 aliphatic heterocycles. The molecule has 0 unspecified atom stereocenters. The maximum Gasteiger partial charge on any atom is 0.245 e. The fourth-order valence-electron chi connectivity index (χ4n) is 2.46. The molecule has 1 aromatic rings. The number of piperazine rings is 1. The van der Waals surface area contributed by atoms with Crippen molar-refractivity contribution >= 4 is 11.8 Å². The van der Waals surface area contributed by atoms with Crippen LogP contribution >= 0.6 is 0 Å². The van der Waals surface area contributed by atoms with Crippen LogP contribution in [0.5, 0.6) is 0 Å². The van der Waals surface area contributed by atoms with E-state index in [4.69, 9.17) is 9.26 Å². The van der Waals surface area contributed by atoms with Crippen LogP contribution in [-0.2, 0) is 20.9 Å². The molecule has 1 aromatic heterocycles. The van der Waals surface area contributed by atoms with Crippen LogP contribution < -0.4 is 0 Å². The Labute approximate surface area is 123 Å². The quantitative estimate of drug-likeness (QED) is 0.790. The van der Waals surface area contributed by atoms with Crippen molar-refractivity contribution < 1.29 is 18.8 Å². The van der Waals surface area contributed by atoms with Gasteiger partial charge in [-0.1, -0.05) is 5.16 Å². The Morgan fingerprint density at radius 3 is 2.67 bits per heavy atom.